The molecule has 1 aromatic heterocycles. The molecule has 30 heavy (non-hydrogen) atoms. The van der Waals surface area contributed by atoms with Gasteiger partial charge in [-0.3, -0.25) is 0 Å². The van der Waals surface area contributed by atoms with E-state index in [2.05, 4.69) is 23.2 Å². The third-order valence-electron chi connectivity index (χ3n) is 4.67. The molecule has 1 heterocycles. The molecular weight excluding hydrogens is 571 g/mol. The summed E-state index contributed by atoms with van der Waals surface area (Å²) in [6.07, 6.45) is 4.73. The van der Waals surface area contributed by atoms with E-state index < -0.39 is 8.80 Å². The molecule has 2 atom stereocenters. The highest BCUT2D eigenvalue weighted by molar-refractivity contribution is 9.48. The van der Waals surface area contributed by atoms with Gasteiger partial charge in [0, 0.05) is 32.1 Å². The molecule has 0 amide bonds. The van der Waals surface area contributed by atoms with Crippen LogP contribution in [0.15, 0.2) is 28.6 Å². The first kappa shape index (κ1) is 26.6. The second-order valence-electron chi connectivity index (χ2n) is 6.24. The van der Waals surface area contributed by atoms with E-state index in [4.69, 9.17) is 13.3 Å². The zero-order valence-corrected chi connectivity index (χ0v) is 25.0. The number of nitrogens with zero attached hydrogens (tertiary/aromatic N) is 1. The van der Waals surface area contributed by atoms with Crippen molar-refractivity contribution in [1.82, 2.24) is 4.98 Å². The van der Waals surface area contributed by atoms with E-state index in [1.807, 2.05) is 56.2 Å². The van der Waals surface area contributed by atoms with Crippen LogP contribution in [0, 0.1) is 0 Å². The average Bonchev–Trinajstić information content (AvgIpc) is 3.20. The molecule has 2 unspecified atom stereocenters. The number of rotatable bonds is 13. The first-order chi connectivity index (χ1) is 14.7. The van der Waals surface area contributed by atoms with Crippen molar-refractivity contribution in [3.05, 3.63) is 24.3 Å². The van der Waals surface area contributed by atoms with Crippen LogP contribution < -0.4 is 0 Å². The number of hydrogen-bond acceptors (Lipinski definition) is 13. The highest BCUT2D eigenvalue weighted by atomic mass is 34.0. The highest BCUT2D eigenvalue weighted by Crippen LogP contribution is 2.59. The Kier molecular flexibility index (Phi) is 12.8. The zero-order chi connectivity index (χ0) is 21.2. The Morgan fingerprint density at radius 1 is 0.933 bits per heavy atom. The lowest BCUT2D eigenvalue weighted by Gasteiger charge is -2.37. The van der Waals surface area contributed by atoms with Crippen LogP contribution in [-0.4, -0.2) is 40.4 Å². The normalized spacial score (nSPS) is 20.1. The van der Waals surface area contributed by atoms with Gasteiger partial charge in [-0.15, -0.1) is 11.3 Å². The Hall–Kier alpha value is 2.01. The molecule has 0 radical (unpaired) electrons. The molecule has 14 heteroatoms. The molecule has 1 aliphatic carbocycles. The Bertz CT molecular complexity index is 725. The summed E-state index contributed by atoms with van der Waals surface area (Å²) < 4.78 is 19.5. The molecule has 1 saturated carbocycles. The van der Waals surface area contributed by atoms with Crippen LogP contribution in [0.25, 0.3) is 10.2 Å². The highest BCUT2D eigenvalue weighted by Gasteiger charge is 2.48. The van der Waals surface area contributed by atoms with Crippen LogP contribution in [-0.2, 0) is 13.3 Å². The molecular formula is C16H23NO3S9Si. The van der Waals surface area contributed by atoms with Gasteiger partial charge in [-0.25, -0.2) is 4.98 Å². The molecule has 3 rings (SSSR count). The van der Waals surface area contributed by atoms with E-state index in [-0.39, 0.29) is 0 Å². The lowest BCUT2D eigenvalue weighted by atomic mass is 9.99. The summed E-state index contributed by atoms with van der Waals surface area (Å²) in [7, 11) is 17.3. The summed E-state index contributed by atoms with van der Waals surface area (Å²) in [5.41, 5.74) is 1.50. The van der Waals surface area contributed by atoms with Crippen LogP contribution in [0.2, 0.25) is 5.54 Å². The SMILES string of the molecule is CO[Si](OC)(OC)C1CCCC(SSSSSSSSc2nc3ccccc3s2)C1. The van der Waals surface area contributed by atoms with Gasteiger partial charge in [0.1, 0.15) is 0 Å². The number of para-hydroxylation sites is 1. The minimum absolute atomic E-state index is 0.405. The summed E-state index contributed by atoms with van der Waals surface area (Å²) in [5.74, 6) is 0. The molecule has 0 N–H and O–H groups in total. The van der Waals surface area contributed by atoms with Crippen LogP contribution >= 0.6 is 91.9 Å². The monoisotopic (exact) mass is 593 g/mol. The summed E-state index contributed by atoms with van der Waals surface area (Å²) >= 11 is 1.76. The fourth-order valence-electron chi connectivity index (χ4n) is 3.35. The fourth-order valence-corrected chi connectivity index (χ4v) is 25.2. The zero-order valence-electron chi connectivity index (χ0n) is 16.6. The lowest BCUT2D eigenvalue weighted by Crippen LogP contribution is -2.49. The summed E-state index contributed by atoms with van der Waals surface area (Å²) in [4.78, 5) is 4.65. The predicted molar refractivity (Wildman–Crippen MR) is 151 cm³/mol. The van der Waals surface area contributed by atoms with Crippen molar-refractivity contribution in [1.29, 1.82) is 0 Å². The third-order valence-corrected chi connectivity index (χ3v) is 24.8. The molecule has 2 aromatic rings. The topological polar surface area (TPSA) is 40.6 Å². The van der Waals surface area contributed by atoms with Gasteiger partial charge in [-0.1, -0.05) is 29.3 Å². The minimum Gasteiger partial charge on any atom is -0.377 e. The maximum atomic E-state index is 5.71. The van der Waals surface area contributed by atoms with Gasteiger partial charge < -0.3 is 13.3 Å². The van der Waals surface area contributed by atoms with Crippen LogP contribution in [0.3, 0.4) is 0 Å². The molecule has 4 nitrogen and oxygen atoms in total. The molecule has 1 fully saturated rings. The van der Waals surface area contributed by atoms with Crippen molar-refractivity contribution in [3.63, 3.8) is 0 Å². The number of thiazole rings is 1. The van der Waals surface area contributed by atoms with Gasteiger partial charge in [0.15, 0.2) is 4.34 Å². The summed E-state index contributed by atoms with van der Waals surface area (Å²) in [6, 6.07) is 8.30. The second kappa shape index (κ2) is 14.4. The molecule has 0 bridgehead atoms. The number of benzene rings is 1. The minimum atomic E-state index is -2.52. The average molecular weight is 594 g/mol. The smallest absolute Gasteiger partial charge is 0.377 e. The van der Waals surface area contributed by atoms with Gasteiger partial charge in [0.05, 0.1) is 10.2 Å². The molecule has 1 aliphatic rings. The fraction of sp³-hybridized carbons (Fsp3) is 0.562. The van der Waals surface area contributed by atoms with E-state index in [0.717, 1.165) is 22.7 Å². The van der Waals surface area contributed by atoms with Gasteiger partial charge in [0.25, 0.3) is 0 Å². The Morgan fingerprint density at radius 2 is 1.63 bits per heavy atom. The number of fused-ring (bicyclic) bond motifs is 1. The van der Waals surface area contributed by atoms with E-state index in [1.54, 1.807) is 63.1 Å². The van der Waals surface area contributed by atoms with E-state index >= 15 is 0 Å². The van der Waals surface area contributed by atoms with Crippen molar-refractivity contribution in [2.24, 2.45) is 0 Å². The van der Waals surface area contributed by atoms with Gasteiger partial charge >= 0.3 is 8.80 Å². The van der Waals surface area contributed by atoms with Crippen molar-refractivity contribution < 1.29 is 13.3 Å². The molecule has 0 spiro atoms. The van der Waals surface area contributed by atoms with E-state index in [0.29, 0.717) is 10.8 Å². The predicted octanol–water partition coefficient (Wildman–Crippen LogP) is 9.12. The van der Waals surface area contributed by atoms with Crippen molar-refractivity contribution >= 4 is 111 Å². The quantitative estimate of drug-likeness (QED) is 0.126. The largest absolute Gasteiger partial charge is 0.503 e. The van der Waals surface area contributed by atoms with Gasteiger partial charge in [-0.2, -0.15) is 0 Å². The Morgan fingerprint density at radius 3 is 2.37 bits per heavy atom. The van der Waals surface area contributed by atoms with Crippen molar-refractivity contribution in [3.8, 4) is 0 Å². The number of aromatic nitrogens is 1. The molecule has 0 aliphatic heterocycles. The van der Waals surface area contributed by atoms with Crippen molar-refractivity contribution in [2.45, 2.75) is 40.8 Å². The molecule has 168 valence electrons. The maximum absolute atomic E-state index is 5.71. The Balaban J connectivity index is 1.26. The molecule has 1 aromatic carbocycles. The van der Waals surface area contributed by atoms with Gasteiger partial charge in [-0.05, 0) is 101 Å². The Labute approximate surface area is 213 Å². The van der Waals surface area contributed by atoms with Crippen LogP contribution in [0.4, 0.5) is 0 Å². The first-order valence-electron chi connectivity index (χ1n) is 9.05. The third kappa shape index (κ3) is 7.77. The second-order valence-corrected chi connectivity index (χ2v) is 23.9. The molecule has 0 saturated heterocycles. The summed E-state index contributed by atoms with van der Waals surface area (Å²) in [6.45, 7) is 0. The van der Waals surface area contributed by atoms with E-state index in [1.165, 1.54) is 17.5 Å². The maximum Gasteiger partial charge on any atom is 0.503 e. The lowest BCUT2D eigenvalue weighted by molar-refractivity contribution is 0.105. The first-order valence-corrected chi connectivity index (χ1v) is 21.9. The number of hydrogen-bond donors (Lipinski definition) is 0. The summed E-state index contributed by atoms with van der Waals surface area (Å²) in [5, 5.41) is 0.635. The van der Waals surface area contributed by atoms with Crippen LogP contribution in [0.1, 0.15) is 25.7 Å². The van der Waals surface area contributed by atoms with Crippen LogP contribution in [0.5, 0.6) is 0 Å². The van der Waals surface area contributed by atoms with Gasteiger partial charge in [0.2, 0.25) is 0 Å². The van der Waals surface area contributed by atoms with Crippen molar-refractivity contribution in [2.75, 3.05) is 21.3 Å². The van der Waals surface area contributed by atoms with E-state index in [9.17, 15) is 0 Å². The standard InChI is InChI=1S/C16H23NO3S9Si/c1-18-30(19-2,20-3)13-8-6-7-12(11-13)22-24-26-28-29-27-25-23-16-17-14-9-4-5-10-15(14)21-16/h4-5,9-10,12-13H,6-8,11H2,1-3H3.